The van der Waals surface area contributed by atoms with Crippen LogP contribution in [0, 0.1) is 0 Å². The molecule has 19 heavy (non-hydrogen) atoms. The second kappa shape index (κ2) is 4.56. The topological polar surface area (TPSA) is 85.2 Å². The Labute approximate surface area is 108 Å². The third-order valence-corrected chi connectivity index (χ3v) is 3.06. The Hall–Kier alpha value is -2.05. The molecular weight excluding hydrogens is 252 g/mol. The number of aliphatic hydroxyl groups is 2. The summed E-state index contributed by atoms with van der Waals surface area (Å²) in [5.74, 6) is -2.22. The molecule has 2 heterocycles. The van der Waals surface area contributed by atoms with Crippen LogP contribution < -0.4 is 0 Å². The normalized spacial score (nSPS) is 30.7. The molecule has 0 aliphatic carbocycles. The van der Waals surface area contributed by atoms with E-state index in [4.69, 9.17) is 14.2 Å². The quantitative estimate of drug-likeness (QED) is 0.784. The summed E-state index contributed by atoms with van der Waals surface area (Å²) in [5, 5.41) is 18.8. The lowest BCUT2D eigenvalue weighted by atomic mass is 10.2. The van der Waals surface area contributed by atoms with Crippen LogP contribution in [0.3, 0.4) is 0 Å². The van der Waals surface area contributed by atoms with E-state index in [0.29, 0.717) is 0 Å². The Balaban J connectivity index is 1.72. The standard InChI is InChI=1S/C13H12O6/c14-9-10(15)12(16)19-11(9)8-6-17-13(18-8)7-4-2-1-3-5-7/h1-5,8,11,13-15H,6H2/t8-,11+,13+/m0/s1. The van der Waals surface area contributed by atoms with Crippen LogP contribution in [0.2, 0.25) is 0 Å². The largest absolute Gasteiger partial charge is 0.505 e. The summed E-state index contributed by atoms with van der Waals surface area (Å²) >= 11 is 0. The molecule has 6 heteroatoms. The smallest absolute Gasteiger partial charge is 0.377 e. The van der Waals surface area contributed by atoms with E-state index < -0.39 is 36.0 Å². The molecule has 1 fully saturated rings. The van der Waals surface area contributed by atoms with Crippen molar-refractivity contribution in [1.29, 1.82) is 0 Å². The van der Waals surface area contributed by atoms with Crippen molar-refractivity contribution in [2.45, 2.75) is 18.5 Å². The van der Waals surface area contributed by atoms with Crippen LogP contribution in [0.25, 0.3) is 0 Å². The molecule has 0 spiro atoms. The third kappa shape index (κ3) is 2.05. The molecular formula is C13H12O6. The minimum absolute atomic E-state index is 0.162. The summed E-state index contributed by atoms with van der Waals surface area (Å²) in [6.45, 7) is 0.162. The molecule has 0 amide bonds. The van der Waals surface area contributed by atoms with E-state index in [1.54, 1.807) is 0 Å². The number of carbonyl (C=O) groups excluding carboxylic acids is 1. The van der Waals surface area contributed by atoms with Gasteiger partial charge in [0.15, 0.2) is 18.2 Å². The van der Waals surface area contributed by atoms with Gasteiger partial charge in [-0.2, -0.15) is 0 Å². The molecule has 100 valence electrons. The van der Waals surface area contributed by atoms with Crippen molar-refractivity contribution < 1.29 is 29.2 Å². The molecule has 2 aliphatic heterocycles. The average molecular weight is 264 g/mol. The van der Waals surface area contributed by atoms with Crippen molar-refractivity contribution in [1.82, 2.24) is 0 Å². The lowest BCUT2D eigenvalue weighted by Gasteiger charge is -2.16. The summed E-state index contributed by atoms with van der Waals surface area (Å²) in [7, 11) is 0. The molecule has 2 aliphatic rings. The van der Waals surface area contributed by atoms with Gasteiger partial charge in [-0.05, 0) is 0 Å². The van der Waals surface area contributed by atoms with Crippen molar-refractivity contribution in [3.05, 3.63) is 47.4 Å². The fourth-order valence-electron chi connectivity index (χ4n) is 2.08. The van der Waals surface area contributed by atoms with E-state index in [9.17, 15) is 15.0 Å². The Morgan fingerprint density at radius 3 is 2.53 bits per heavy atom. The first kappa shape index (κ1) is 12.0. The van der Waals surface area contributed by atoms with Gasteiger partial charge >= 0.3 is 5.97 Å². The number of carbonyl (C=O) groups is 1. The molecule has 0 radical (unpaired) electrons. The highest BCUT2D eigenvalue weighted by atomic mass is 16.7. The Morgan fingerprint density at radius 2 is 1.89 bits per heavy atom. The molecule has 1 aromatic rings. The van der Waals surface area contributed by atoms with Gasteiger partial charge in [0.1, 0.15) is 6.10 Å². The Kier molecular flexibility index (Phi) is 2.88. The van der Waals surface area contributed by atoms with Gasteiger partial charge in [-0.25, -0.2) is 4.79 Å². The van der Waals surface area contributed by atoms with Crippen LogP contribution in [-0.2, 0) is 19.0 Å². The maximum absolute atomic E-state index is 11.1. The van der Waals surface area contributed by atoms with E-state index >= 15 is 0 Å². The number of aliphatic hydroxyl groups excluding tert-OH is 2. The zero-order valence-electron chi connectivity index (χ0n) is 9.85. The Bertz CT molecular complexity index is 523. The van der Waals surface area contributed by atoms with Gasteiger partial charge in [-0.3, -0.25) is 0 Å². The molecule has 6 nitrogen and oxygen atoms in total. The highest BCUT2D eigenvalue weighted by molar-refractivity contribution is 5.89. The van der Waals surface area contributed by atoms with Crippen molar-refractivity contribution in [3.63, 3.8) is 0 Å². The molecule has 3 rings (SSSR count). The van der Waals surface area contributed by atoms with E-state index in [1.807, 2.05) is 30.3 Å². The van der Waals surface area contributed by atoms with Crippen LogP contribution in [-0.4, -0.2) is 35.0 Å². The molecule has 0 aromatic heterocycles. The maximum atomic E-state index is 11.1. The SMILES string of the molecule is O=C1O[C@H]([C@@H]2CO[C@@H](c3ccccc3)O2)C(O)=C1O. The monoisotopic (exact) mass is 264 g/mol. The second-order valence-electron chi connectivity index (χ2n) is 4.31. The van der Waals surface area contributed by atoms with Crippen molar-refractivity contribution >= 4 is 5.97 Å². The van der Waals surface area contributed by atoms with Crippen LogP contribution >= 0.6 is 0 Å². The van der Waals surface area contributed by atoms with Gasteiger partial charge in [0.25, 0.3) is 0 Å². The summed E-state index contributed by atoms with van der Waals surface area (Å²) in [4.78, 5) is 11.1. The van der Waals surface area contributed by atoms with E-state index in [0.717, 1.165) is 5.56 Å². The molecule has 0 unspecified atom stereocenters. The summed E-state index contributed by atoms with van der Waals surface area (Å²) in [6, 6.07) is 9.28. The first-order chi connectivity index (χ1) is 9.16. The van der Waals surface area contributed by atoms with Gasteiger partial charge in [0, 0.05) is 5.56 Å². The van der Waals surface area contributed by atoms with Crippen molar-refractivity contribution in [3.8, 4) is 0 Å². The van der Waals surface area contributed by atoms with E-state index in [1.165, 1.54) is 0 Å². The molecule has 1 saturated heterocycles. The number of benzene rings is 1. The van der Waals surface area contributed by atoms with Crippen LogP contribution in [0.15, 0.2) is 41.9 Å². The lowest BCUT2D eigenvalue weighted by molar-refractivity contribution is -0.149. The molecule has 1 aromatic carbocycles. The predicted octanol–water partition coefficient (Wildman–Crippen LogP) is 1.35. The average Bonchev–Trinajstić information content (AvgIpc) is 3.01. The van der Waals surface area contributed by atoms with Crippen LogP contribution in [0.4, 0.5) is 0 Å². The number of hydrogen-bond donors (Lipinski definition) is 2. The minimum atomic E-state index is -1.01. The highest BCUT2D eigenvalue weighted by Gasteiger charge is 2.44. The summed E-state index contributed by atoms with van der Waals surface area (Å²) < 4.78 is 15.9. The van der Waals surface area contributed by atoms with E-state index in [-0.39, 0.29) is 6.61 Å². The van der Waals surface area contributed by atoms with Gasteiger partial charge in [-0.1, -0.05) is 30.3 Å². The fraction of sp³-hybridized carbons (Fsp3) is 0.308. The minimum Gasteiger partial charge on any atom is -0.505 e. The maximum Gasteiger partial charge on any atom is 0.377 e. The van der Waals surface area contributed by atoms with Gasteiger partial charge in [-0.15, -0.1) is 0 Å². The van der Waals surface area contributed by atoms with E-state index in [2.05, 4.69) is 0 Å². The first-order valence-corrected chi connectivity index (χ1v) is 5.82. The second-order valence-corrected chi connectivity index (χ2v) is 4.31. The van der Waals surface area contributed by atoms with Crippen LogP contribution in [0.1, 0.15) is 11.9 Å². The van der Waals surface area contributed by atoms with Gasteiger partial charge in [0.2, 0.25) is 5.76 Å². The summed E-state index contributed by atoms with van der Waals surface area (Å²) in [5.41, 5.74) is 0.835. The number of ether oxygens (including phenoxy) is 3. The van der Waals surface area contributed by atoms with Gasteiger partial charge in [0.05, 0.1) is 6.61 Å². The van der Waals surface area contributed by atoms with Crippen molar-refractivity contribution in [2.75, 3.05) is 6.61 Å². The zero-order valence-corrected chi connectivity index (χ0v) is 9.85. The zero-order chi connectivity index (χ0) is 13.4. The number of esters is 1. The molecule has 2 N–H and O–H groups in total. The Morgan fingerprint density at radius 1 is 1.16 bits per heavy atom. The third-order valence-electron chi connectivity index (χ3n) is 3.06. The number of hydrogen-bond acceptors (Lipinski definition) is 6. The van der Waals surface area contributed by atoms with Crippen LogP contribution in [0.5, 0.6) is 0 Å². The highest BCUT2D eigenvalue weighted by Crippen LogP contribution is 2.33. The van der Waals surface area contributed by atoms with Gasteiger partial charge < -0.3 is 24.4 Å². The lowest BCUT2D eigenvalue weighted by Crippen LogP contribution is -2.30. The molecule has 0 saturated carbocycles. The first-order valence-electron chi connectivity index (χ1n) is 5.82. The van der Waals surface area contributed by atoms with Crippen molar-refractivity contribution in [2.24, 2.45) is 0 Å². The number of cyclic esters (lactones) is 1. The predicted molar refractivity (Wildman–Crippen MR) is 62.2 cm³/mol. The summed E-state index contributed by atoms with van der Waals surface area (Å²) in [6.07, 6.45) is -2.22. The number of rotatable bonds is 2. The fourth-order valence-corrected chi connectivity index (χ4v) is 2.08. The molecule has 0 bridgehead atoms. The molecule has 3 atom stereocenters.